The highest BCUT2D eigenvalue weighted by atomic mass is 15.6. The molecule has 0 bridgehead atoms. The zero-order chi connectivity index (χ0) is 15.6. The minimum absolute atomic E-state index is 0.680. The molecule has 0 radical (unpaired) electrons. The van der Waals surface area contributed by atoms with E-state index in [9.17, 15) is 0 Å². The maximum absolute atomic E-state index is 4.50. The summed E-state index contributed by atoms with van der Waals surface area (Å²) < 4.78 is 0. The third kappa shape index (κ3) is 2.61. The van der Waals surface area contributed by atoms with E-state index in [0.29, 0.717) is 6.54 Å². The number of anilines is 2. The van der Waals surface area contributed by atoms with Crippen LogP contribution in [-0.2, 0) is 13.1 Å². The lowest BCUT2D eigenvalue weighted by atomic mass is 10.2. The highest BCUT2D eigenvalue weighted by Crippen LogP contribution is 2.35. The third-order valence-corrected chi connectivity index (χ3v) is 3.97. The molecular weight excluding hydrogens is 286 g/mol. The summed E-state index contributed by atoms with van der Waals surface area (Å²) in [6.07, 6.45) is 7.34. The van der Waals surface area contributed by atoms with Gasteiger partial charge in [-0.1, -0.05) is 18.2 Å². The van der Waals surface area contributed by atoms with Crippen LogP contribution in [0.2, 0.25) is 0 Å². The van der Waals surface area contributed by atoms with Gasteiger partial charge in [-0.25, -0.2) is 0 Å². The average molecular weight is 303 g/mol. The maximum atomic E-state index is 4.50. The first-order chi connectivity index (χ1) is 11.3. The van der Waals surface area contributed by atoms with Crippen LogP contribution in [0, 0.1) is 6.92 Å². The number of hydrogen-bond donors (Lipinski definition) is 0. The first-order valence-corrected chi connectivity index (χ1v) is 7.62. The Morgan fingerprint density at radius 1 is 1.00 bits per heavy atom. The summed E-state index contributed by atoms with van der Waals surface area (Å²) in [5, 5.41) is 4.48. The van der Waals surface area contributed by atoms with Crippen molar-refractivity contribution in [1.82, 2.24) is 15.0 Å². The van der Waals surface area contributed by atoms with E-state index in [2.05, 4.69) is 55.3 Å². The van der Waals surface area contributed by atoms with E-state index in [4.69, 9.17) is 0 Å². The Kier molecular flexibility index (Phi) is 3.38. The molecule has 4 rings (SSSR count). The number of nitrogens with zero attached hydrogens (tertiary/aromatic N) is 5. The fraction of sp³-hybridized carbons (Fsp3) is 0.167. The van der Waals surface area contributed by atoms with Gasteiger partial charge in [-0.2, -0.15) is 0 Å². The lowest BCUT2D eigenvalue weighted by Crippen LogP contribution is -2.37. The summed E-state index contributed by atoms with van der Waals surface area (Å²) in [5.74, 6) is 0. The molecule has 0 amide bonds. The Morgan fingerprint density at radius 3 is 2.70 bits per heavy atom. The number of fused-ring (bicyclic) bond motifs is 1. The van der Waals surface area contributed by atoms with Crippen LogP contribution in [-0.4, -0.2) is 15.0 Å². The monoisotopic (exact) mass is 303 g/mol. The van der Waals surface area contributed by atoms with E-state index in [0.717, 1.165) is 23.6 Å². The number of hydrogen-bond acceptors (Lipinski definition) is 5. The summed E-state index contributed by atoms with van der Waals surface area (Å²) in [6.45, 7) is 3.46. The molecule has 1 aromatic carbocycles. The molecule has 0 saturated carbocycles. The SMILES string of the molecule is Cc1cnc(CN2c3ccccc3CN2c2cccnc2)cn1. The van der Waals surface area contributed by atoms with Crippen molar-refractivity contribution < 1.29 is 0 Å². The van der Waals surface area contributed by atoms with E-state index in [1.807, 2.05) is 31.6 Å². The molecule has 0 spiro atoms. The molecule has 5 heteroatoms. The Hall–Kier alpha value is -2.95. The fourth-order valence-corrected chi connectivity index (χ4v) is 2.84. The van der Waals surface area contributed by atoms with Crippen molar-refractivity contribution in [3.05, 3.63) is 78.1 Å². The number of para-hydroxylation sites is 1. The van der Waals surface area contributed by atoms with Crippen LogP contribution in [0.5, 0.6) is 0 Å². The normalized spacial score (nSPS) is 13.3. The quantitative estimate of drug-likeness (QED) is 0.744. The van der Waals surface area contributed by atoms with Crippen molar-refractivity contribution in [3.63, 3.8) is 0 Å². The molecule has 0 fully saturated rings. The number of aryl methyl sites for hydroxylation is 1. The Balaban J connectivity index is 1.71. The Labute approximate surface area is 135 Å². The van der Waals surface area contributed by atoms with Crippen LogP contribution in [0.1, 0.15) is 17.0 Å². The smallest absolute Gasteiger partial charge is 0.0834 e. The summed E-state index contributed by atoms with van der Waals surface area (Å²) in [5.41, 5.74) is 5.46. The summed E-state index contributed by atoms with van der Waals surface area (Å²) in [7, 11) is 0. The van der Waals surface area contributed by atoms with Crippen LogP contribution in [0.15, 0.2) is 61.2 Å². The Morgan fingerprint density at radius 2 is 1.91 bits per heavy atom. The lowest BCUT2D eigenvalue weighted by Gasteiger charge is -2.31. The second-order valence-electron chi connectivity index (χ2n) is 5.60. The van der Waals surface area contributed by atoms with Crippen LogP contribution < -0.4 is 10.0 Å². The van der Waals surface area contributed by atoms with Gasteiger partial charge in [0.25, 0.3) is 0 Å². The van der Waals surface area contributed by atoms with Gasteiger partial charge in [0.1, 0.15) is 0 Å². The molecule has 114 valence electrons. The van der Waals surface area contributed by atoms with Gasteiger partial charge >= 0.3 is 0 Å². The van der Waals surface area contributed by atoms with Crippen molar-refractivity contribution in [2.24, 2.45) is 0 Å². The van der Waals surface area contributed by atoms with E-state index >= 15 is 0 Å². The van der Waals surface area contributed by atoms with Gasteiger partial charge in [-0.05, 0) is 30.7 Å². The van der Waals surface area contributed by atoms with Crippen molar-refractivity contribution in [2.75, 3.05) is 10.0 Å². The van der Waals surface area contributed by atoms with Crippen molar-refractivity contribution in [2.45, 2.75) is 20.0 Å². The van der Waals surface area contributed by atoms with Gasteiger partial charge in [-0.3, -0.25) is 25.0 Å². The second kappa shape index (κ2) is 5.68. The van der Waals surface area contributed by atoms with Gasteiger partial charge in [-0.15, -0.1) is 0 Å². The number of aromatic nitrogens is 3. The number of rotatable bonds is 3. The number of pyridine rings is 1. The number of hydrazine groups is 1. The average Bonchev–Trinajstić information content (AvgIpc) is 2.96. The molecule has 2 aromatic heterocycles. The standard InChI is InChI=1S/C18H17N5/c1-14-9-21-16(10-20-14)13-23-18-7-3-2-5-15(18)12-22(23)17-6-4-8-19-11-17/h2-11H,12-13H2,1H3. The molecule has 3 aromatic rings. The lowest BCUT2D eigenvalue weighted by molar-refractivity contribution is 0.740. The topological polar surface area (TPSA) is 45.2 Å². The molecule has 0 N–H and O–H groups in total. The predicted molar refractivity (Wildman–Crippen MR) is 89.8 cm³/mol. The summed E-state index contributed by atoms with van der Waals surface area (Å²) in [4.78, 5) is 13.1. The highest BCUT2D eigenvalue weighted by Gasteiger charge is 2.27. The molecule has 0 saturated heterocycles. The minimum Gasteiger partial charge on any atom is -0.279 e. The van der Waals surface area contributed by atoms with Crippen LogP contribution in [0.4, 0.5) is 11.4 Å². The van der Waals surface area contributed by atoms with E-state index in [1.54, 1.807) is 6.20 Å². The largest absolute Gasteiger partial charge is 0.279 e. The van der Waals surface area contributed by atoms with E-state index in [1.165, 1.54) is 11.3 Å². The zero-order valence-corrected chi connectivity index (χ0v) is 12.9. The molecular formula is C18H17N5. The third-order valence-electron chi connectivity index (χ3n) is 3.97. The van der Waals surface area contributed by atoms with Crippen molar-refractivity contribution in [3.8, 4) is 0 Å². The van der Waals surface area contributed by atoms with Crippen LogP contribution >= 0.6 is 0 Å². The van der Waals surface area contributed by atoms with Crippen molar-refractivity contribution in [1.29, 1.82) is 0 Å². The zero-order valence-electron chi connectivity index (χ0n) is 12.9. The Bertz CT molecular complexity index is 801. The van der Waals surface area contributed by atoms with E-state index in [-0.39, 0.29) is 0 Å². The number of benzene rings is 1. The minimum atomic E-state index is 0.680. The van der Waals surface area contributed by atoms with E-state index < -0.39 is 0 Å². The summed E-state index contributed by atoms with van der Waals surface area (Å²) in [6, 6.07) is 12.5. The van der Waals surface area contributed by atoms with Gasteiger partial charge in [0, 0.05) is 12.4 Å². The van der Waals surface area contributed by atoms with Gasteiger partial charge < -0.3 is 0 Å². The second-order valence-corrected chi connectivity index (χ2v) is 5.60. The molecule has 0 unspecified atom stereocenters. The molecule has 23 heavy (non-hydrogen) atoms. The van der Waals surface area contributed by atoms with Crippen LogP contribution in [0.3, 0.4) is 0 Å². The fourth-order valence-electron chi connectivity index (χ4n) is 2.84. The molecule has 5 nitrogen and oxygen atoms in total. The van der Waals surface area contributed by atoms with Crippen LogP contribution in [0.25, 0.3) is 0 Å². The molecule has 3 heterocycles. The highest BCUT2D eigenvalue weighted by molar-refractivity contribution is 5.66. The predicted octanol–water partition coefficient (Wildman–Crippen LogP) is 3.12. The molecule has 1 aliphatic heterocycles. The molecule has 0 aliphatic carbocycles. The molecule has 0 atom stereocenters. The first kappa shape index (κ1) is 13.7. The van der Waals surface area contributed by atoms with Gasteiger partial charge in [0.05, 0.1) is 48.2 Å². The molecule has 1 aliphatic rings. The first-order valence-electron chi connectivity index (χ1n) is 7.62. The van der Waals surface area contributed by atoms with Gasteiger partial charge in [0.15, 0.2) is 0 Å². The van der Waals surface area contributed by atoms with Crippen molar-refractivity contribution >= 4 is 11.4 Å². The summed E-state index contributed by atoms with van der Waals surface area (Å²) >= 11 is 0. The maximum Gasteiger partial charge on any atom is 0.0834 e. The van der Waals surface area contributed by atoms with Gasteiger partial charge in [0.2, 0.25) is 0 Å².